The minimum Gasteiger partial charge on any atom is -0.356 e. The smallest absolute Gasteiger partial charge is 0.153 e. The van der Waals surface area contributed by atoms with Crippen molar-refractivity contribution in [1.82, 2.24) is 15.1 Å². The highest BCUT2D eigenvalue weighted by molar-refractivity contribution is 6.03. The maximum Gasteiger partial charge on any atom is 0.153 e. The summed E-state index contributed by atoms with van der Waals surface area (Å²) in [7, 11) is 0. The van der Waals surface area contributed by atoms with Crippen LogP contribution in [-0.2, 0) is 0 Å². The van der Waals surface area contributed by atoms with Gasteiger partial charge in [-0.25, -0.2) is 4.99 Å². The molecule has 0 unspecified atom stereocenters. The quantitative estimate of drug-likeness (QED) is 0.533. The molecule has 6 heteroatoms. The lowest BCUT2D eigenvalue weighted by molar-refractivity contribution is -0.0725. The van der Waals surface area contributed by atoms with Gasteiger partial charge in [0, 0.05) is 41.7 Å². The highest BCUT2D eigenvalue weighted by atomic mass is 15.3. The lowest BCUT2D eigenvalue weighted by Crippen LogP contribution is -2.64. The minimum absolute atomic E-state index is 0.0742. The molecule has 0 spiro atoms. The number of aromatic nitrogens is 2. The van der Waals surface area contributed by atoms with E-state index in [-0.39, 0.29) is 5.54 Å². The zero-order valence-electron chi connectivity index (χ0n) is 16.2. The maximum atomic E-state index is 6.61. The molecular formula is C21H30N6. The molecule has 3 saturated carbocycles. The third kappa shape index (κ3) is 3.00. The van der Waals surface area contributed by atoms with Gasteiger partial charge < -0.3 is 16.0 Å². The number of hydrogen-bond donors (Lipinski definition) is 3. The van der Waals surface area contributed by atoms with E-state index in [0.717, 1.165) is 36.5 Å². The molecule has 27 heavy (non-hydrogen) atoms. The van der Waals surface area contributed by atoms with Crippen LogP contribution in [0.2, 0.25) is 0 Å². The molecule has 0 radical (unpaired) electrons. The van der Waals surface area contributed by atoms with Crippen LogP contribution >= 0.6 is 0 Å². The van der Waals surface area contributed by atoms with Crippen molar-refractivity contribution in [2.75, 3.05) is 18.4 Å². The van der Waals surface area contributed by atoms with Gasteiger partial charge in [0.25, 0.3) is 0 Å². The average molecular weight is 367 g/mol. The summed E-state index contributed by atoms with van der Waals surface area (Å²) in [6.45, 7) is 8.32. The number of piperidine rings is 2. The van der Waals surface area contributed by atoms with E-state index in [4.69, 9.17) is 10.7 Å². The second-order valence-corrected chi connectivity index (χ2v) is 9.11. The van der Waals surface area contributed by atoms with Crippen LogP contribution in [0.25, 0.3) is 0 Å². The van der Waals surface area contributed by atoms with Crippen molar-refractivity contribution in [2.24, 2.45) is 22.1 Å². The fraction of sp³-hybridized carbons (Fsp3) is 0.619. The van der Waals surface area contributed by atoms with Crippen LogP contribution in [0.4, 0.5) is 5.82 Å². The van der Waals surface area contributed by atoms with Crippen LogP contribution in [0.3, 0.4) is 0 Å². The third-order valence-corrected chi connectivity index (χ3v) is 6.99. The number of amidine groups is 1. The Morgan fingerprint density at radius 3 is 2.89 bits per heavy atom. The molecular weight excluding hydrogens is 336 g/mol. The van der Waals surface area contributed by atoms with Gasteiger partial charge in [0.05, 0.1) is 0 Å². The summed E-state index contributed by atoms with van der Waals surface area (Å²) in [5.41, 5.74) is 8.20. The third-order valence-electron chi connectivity index (χ3n) is 6.99. The first kappa shape index (κ1) is 17.0. The monoisotopic (exact) mass is 366 g/mol. The molecule has 2 aliphatic heterocycles. The van der Waals surface area contributed by atoms with Gasteiger partial charge in [0.1, 0.15) is 11.7 Å². The number of nitrogens with one attached hydrogen (secondary N) is 2. The zero-order valence-corrected chi connectivity index (χ0v) is 16.2. The first-order valence-corrected chi connectivity index (χ1v) is 10.3. The second-order valence-electron chi connectivity index (χ2n) is 9.11. The number of fused-ring (bicyclic) bond motifs is 2. The molecule has 1 aromatic heterocycles. The Morgan fingerprint density at radius 1 is 1.44 bits per heavy atom. The molecule has 6 nitrogen and oxygen atoms in total. The molecule has 6 rings (SSSR count). The molecule has 4 N–H and O–H groups in total. The summed E-state index contributed by atoms with van der Waals surface area (Å²) in [4.78, 5) is 7.14. The van der Waals surface area contributed by atoms with Crippen molar-refractivity contribution >= 4 is 11.7 Å². The molecule has 0 atom stereocenters. The fourth-order valence-corrected chi connectivity index (χ4v) is 5.08. The van der Waals surface area contributed by atoms with Gasteiger partial charge in [-0.15, -0.1) is 0 Å². The molecule has 2 bridgehead atoms. The average Bonchev–Trinajstić information content (AvgIpc) is 3.56. The summed E-state index contributed by atoms with van der Waals surface area (Å²) in [6, 6.07) is 2.09. The van der Waals surface area contributed by atoms with E-state index in [0.29, 0.717) is 11.3 Å². The molecule has 3 aliphatic carbocycles. The van der Waals surface area contributed by atoms with Crippen LogP contribution in [-0.4, -0.2) is 39.6 Å². The molecule has 144 valence electrons. The van der Waals surface area contributed by atoms with Gasteiger partial charge in [0.2, 0.25) is 0 Å². The largest absolute Gasteiger partial charge is 0.356 e. The lowest BCUT2D eigenvalue weighted by Gasteiger charge is -2.60. The standard InChI is InChI=1S/C21H30N6/c1-3-4-18(24-19-9-17(25-26-19)16-5-6-16)23-14(2)27-12-15-10-20(11-15,13-27)21(22)7-8-21/h3-4,9,15-16H,2,5-8,10-13,22H2,1H3,(H2,23,24,25,26)/b4-3-. The van der Waals surface area contributed by atoms with E-state index in [1.165, 1.54) is 44.2 Å². The van der Waals surface area contributed by atoms with Crippen LogP contribution in [0.15, 0.2) is 35.6 Å². The van der Waals surface area contributed by atoms with E-state index in [2.05, 4.69) is 33.1 Å². The summed E-state index contributed by atoms with van der Waals surface area (Å²) in [5, 5.41) is 10.8. The van der Waals surface area contributed by atoms with Gasteiger partial charge in [0.15, 0.2) is 5.82 Å². The van der Waals surface area contributed by atoms with Crippen molar-refractivity contribution in [3.8, 4) is 0 Å². The number of hydrogen-bond acceptors (Lipinski definition) is 4. The second kappa shape index (κ2) is 5.96. The Bertz CT molecular complexity index is 804. The van der Waals surface area contributed by atoms with Gasteiger partial charge in [-0.1, -0.05) is 12.7 Å². The highest BCUT2D eigenvalue weighted by Crippen LogP contribution is 2.63. The number of rotatable bonds is 6. The van der Waals surface area contributed by atoms with Crippen LogP contribution in [0.5, 0.6) is 0 Å². The maximum absolute atomic E-state index is 6.61. The first-order chi connectivity index (χ1) is 13.0. The molecule has 1 aromatic rings. The summed E-state index contributed by atoms with van der Waals surface area (Å²) < 4.78 is 0. The molecule has 0 aromatic carbocycles. The molecule has 5 fully saturated rings. The highest BCUT2D eigenvalue weighted by Gasteiger charge is 2.64. The van der Waals surface area contributed by atoms with Crippen molar-refractivity contribution in [3.63, 3.8) is 0 Å². The molecule has 5 aliphatic rings. The summed E-state index contributed by atoms with van der Waals surface area (Å²) in [5.74, 6) is 3.83. The van der Waals surface area contributed by atoms with Crippen molar-refractivity contribution < 1.29 is 0 Å². The van der Waals surface area contributed by atoms with E-state index in [1.807, 2.05) is 19.1 Å². The van der Waals surface area contributed by atoms with Crippen molar-refractivity contribution in [3.05, 3.63) is 36.3 Å². The number of aromatic amines is 1. The van der Waals surface area contributed by atoms with E-state index in [9.17, 15) is 0 Å². The van der Waals surface area contributed by atoms with Gasteiger partial charge in [-0.05, 0) is 57.4 Å². The Hall–Kier alpha value is -2.08. The zero-order chi connectivity index (χ0) is 18.6. The topological polar surface area (TPSA) is 82.3 Å². The Balaban J connectivity index is 1.29. The molecule has 0 amide bonds. The van der Waals surface area contributed by atoms with Gasteiger partial charge in [-0.2, -0.15) is 5.10 Å². The lowest BCUT2D eigenvalue weighted by atomic mass is 9.54. The SMILES string of the molecule is C=C(/N=C(\C=C/C)Nc1cc(C2CC2)[nH]n1)N1CC2CC(C3(N)CC3)(C2)C1. The predicted octanol–water partition coefficient (Wildman–Crippen LogP) is 3.35. The normalized spacial score (nSPS) is 31.7. The first-order valence-electron chi connectivity index (χ1n) is 10.3. The fourth-order valence-electron chi connectivity index (χ4n) is 5.08. The van der Waals surface area contributed by atoms with Gasteiger partial charge >= 0.3 is 0 Å². The Kier molecular flexibility index (Phi) is 3.76. The van der Waals surface area contributed by atoms with Crippen LogP contribution in [0, 0.1) is 11.3 Å². The van der Waals surface area contributed by atoms with Crippen molar-refractivity contribution in [2.45, 2.75) is 56.9 Å². The van der Waals surface area contributed by atoms with Crippen LogP contribution in [0.1, 0.15) is 57.1 Å². The van der Waals surface area contributed by atoms with Gasteiger partial charge in [-0.3, -0.25) is 5.10 Å². The van der Waals surface area contributed by atoms with E-state index >= 15 is 0 Å². The number of allylic oxidation sites excluding steroid dienone is 1. The number of nitrogens with two attached hydrogens (primary N) is 1. The number of anilines is 1. The molecule has 2 saturated heterocycles. The number of aliphatic imine (C=N–C) groups is 1. The number of H-pyrrole nitrogens is 1. The minimum atomic E-state index is 0.0742. The summed E-state index contributed by atoms with van der Waals surface area (Å²) in [6.07, 6.45) is 11.4. The summed E-state index contributed by atoms with van der Waals surface area (Å²) >= 11 is 0. The van der Waals surface area contributed by atoms with E-state index in [1.54, 1.807) is 0 Å². The Morgan fingerprint density at radius 2 is 2.22 bits per heavy atom. The Labute approximate surface area is 161 Å². The van der Waals surface area contributed by atoms with Crippen LogP contribution < -0.4 is 11.1 Å². The molecule has 3 heterocycles. The number of nitrogens with zero attached hydrogens (tertiary/aromatic N) is 3. The van der Waals surface area contributed by atoms with Crippen molar-refractivity contribution in [1.29, 1.82) is 0 Å². The predicted molar refractivity (Wildman–Crippen MR) is 108 cm³/mol. The van der Waals surface area contributed by atoms with E-state index < -0.39 is 0 Å².